The predicted molar refractivity (Wildman–Crippen MR) is 63.2 cm³/mol. The molecule has 0 bridgehead atoms. The Hall–Kier alpha value is -2.02. The fourth-order valence-electron chi connectivity index (χ4n) is 1.18. The van der Waals surface area contributed by atoms with Crippen LogP contribution in [0.5, 0.6) is 0 Å². The van der Waals surface area contributed by atoms with E-state index in [1.54, 1.807) is 12.3 Å². The van der Waals surface area contributed by atoms with Crippen LogP contribution in [0.4, 0.5) is 5.95 Å². The van der Waals surface area contributed by atoms with E-state index in [1.807, 2.05) is 6.92 Å². The molecule has 2 aromatic rings. The van der Waals surface area contributed by atoms with Crippen molar-refractivity contribution in [2.75, 3.05) is 5.32 Å². The molecule has 0 amide bonds. The van der Waals surface area contributed by atoms with Gasteiger partial charge in [0.2, 0.25) is 5.95 Å². The lowest BCUT2D eigenvalue weighted by Crippen LogP contribution is -2.04. The van der Waals surface area contributed by atoms with Crippen LogP contribution in [-0.2, 0) is 6.54 Å². The van der Waals surface area contributed by atoms with Crippen LogP contribution in [0.2, 0.25) is 0 Å². The van der Waals surface area contributed by atoms with Crippen molar-refractivity contribution >= 4 is 23.3 Å². The number of carboxylic acids is 1. The summed E-state index contributed by atoms with van der Waals surface area (Å²) >= 11 is 1.29. The molecule has 0 unspecified atom stereocenters. The number of hydrogen-bond donors (Lipinski definition) is 2. The van der Waals surface area contributed by atoms with Crippen LogP contribution < -0.4 is 5.32 Å². The molecule has 0 radical (unpaired) electrons. The highest BCUT2D eigenvalue weighted by Gasteiger charge is 2.08. The van der Waals surface area contributed by atoms with Crippen molar-refractivity contribution < 1.29 is 9.90 Å². The Kier molecular flexibility index (Phi) is 3.29. The number of nitrogens with zero attached hydrogens (tertiary/aromatic N) is 3. The first-order chi connectivity index (χ1) is 8.15. The largest absolute Gasteiger partial charge is 0.476 e. The smallest absolute Gasteiger partial charge is 0.355 e. The van der Waals surface area contributed by atoms with Crippen LogP contribution in [0.15, 0.2) is 17.6 Å². The van der Waals surface area contributed by atoms with Gasteiger partial charge in [0, 0.05) is 17.3 Å². The molecule has 0 saturated carbocycles. The number of thiazole rings is 1. The van der Waals surface area contributed by atoms with E-state index >= 15 is 0 Å². The third-order valence-electron chi connectivity index (χ3n) is 1.96. The lowest BCUT2D eigenvalue weighted by Gasteiger charge is -2.01. The Morgan fingerprint density at radius 3 is 3.00 bits per heavy atom. The minimum absolute atomic E-state index is 0.0666. The van der Waals surface area contributed by atoms with Crippen LogP contribution >= 0.6 is 11.3 Å². The maximum atomic E-state index is 10.6. The van der Waals surface area contributed by atoms with E-state index in [2.05, 4.69) is 20.3 Å². The number of carboxylic acid groups (broad SMARTS) is 1. The normalized spacial score (nSPS) is 10.2. The van der Waals surface area contributed by atoms with Gasteiger partial charge in [0.25, 0.3) is 0 Å². The van der Waals surface area contributed by atoms with Crippen molar-refractivity contribution in [2.45, 2.75) is 13.5 Å². The predicted octanol–water partition coefficient (Wildman–Crippen LogP) is 1.55. The Morgan fingerprint density at radius 1 is 1.53 bits per heavy atom. The molecule has 0 aliphatic carbocycles. The third kappa shape index (κ3) is 2.97. The van der Waals surface area contributed by atoms with E-state index in [9.17, 15) is 4.79 Å². The van der Waals surface area contributed by atoms with Crippen molar-refractivity contribution in [1.82, 2.24) is 15.0 Å². The van der Waals surface area contributed by atoms with Gasteiger partial charge in [-0.05, 0) is 13.0 Å². The zero-order valence-electron chi connectivity index (χ0n) is 9.04. The summed E-state index contributed by atoms with van der Waals surface area (Å²) in [6.45, 7) is 2.29. The molecule has 2 N–H and O–H groups in total. The molecule has 6 nitrogen and oxygen atoms in total. The molecule has 0 spiro atoms. The second-order valence-electron chi connectivity index (χ2n) is 3.31. The van der Waals surface area contributed by atoms with Crippen LogP contribution in [-0.4, -0.2) is 26.0 Å². The summed E-state index contributed by atoms with van der Waals surface area (Å²) in [5, 5.41) is 13.9. The minimum Gasteiger partial charge on any atom is -0.476 e. The summed E-state index contributed by atoms with van der Waals surface area (Å²) in [5.74, 6) is -0.503. The van der Waals surface area contributed by atoms with E-state index in [0.717, 1.165) is 5.69 Å². The molecular formula is C10H10N4O2S. The van der Waals surface area contributed by atoms with Crippen LogP contribution in [0, 0.1) is 6.92 Å². The topological polar surface area (TPSA) is 88.0 Å². The summed E-state index contributed by atoms with van der Waals surface area (Å²) in [6, 6.07) is 1.80. The molecule has 2 heterocycles. The number of carbonyl (C=O) groups is 1. The van der Waals surface area contributed by atoms with Crippen molar-refractivity contribution in [3.63, 3.8) is 0 Å². The Morgan fingerprint density at radius 2 is 2.35 bits per heavy atom. The molecule has 0 saturated heterocycles. The number of rotatable bonds is 4. The van der Waals surface area contributed by atoms with Gasteiger partial charge in [0.15, 0.2) is 5.69 Å². The molecule has 0 atom stereocenters. The molecule has 0 aromatic carbocycles. The monoisotopic (exact) mass is 250 g/mol. The van der Waals surface area contributed by atoms with Gasteiger partial charge in [-0.1, -0.05) is 0 Å². The molecule has 2 aromatic heterocycles. The van der Waals surface area contributed by atoms with E-state index < -0.39 is 5.97 Å². The fraction of sp³-hybridized carbons (Fsp3) is 0.200. The molecule has 0 aliphatic heterocycles. The van der Waals surface area contributed by atoms with Gasteiger partial charge in [0.1, 0.15) is 5.01 Å². The lowest BCUT2D eigenvalue weighted by atomic mass is 10.5. The quantitative estimate of drug-likeness (QED) is 0.856. The van der Waals surface area contributed by atoms with Crippen molar-refractivity contribution in [2.24, 2.45) is 0 Å². The van der Waals surface area contributed by atoms with Crippen molar-refractivity contribution in [3.8, 4) is 0 Å². The zero-order chi connectivity index (χ0) is 12.3. The molecule has 17 heavy (non-hydrogen) atoms. The first kappa shape index (κ1) is 11.5. The molecule has 0 aliphatic rings. The summed E-state index contributed by atoms with van der Waals surface area (Å²) in [5.41, 5.74) is 0.935. The highest BCUT2D eigenvalue weighted by atomic mass is 32.1. The average Bonchev–Trinajstić information content (AvgIpc) is 2.75. The molecule has 88 valence electrons. The van der Waals surface area contributed by atoms with E-state index in [0.29, 0.717) is 17.5 Å². The number of hydrogen-bond acceptors (Lipinski definition) is 6. The van der Waals surface area contributed by atoms with Gasteiger partial charge < -0.3 is 10.4 Å². The first-order valence-corrected chi connectivity index (χ1v) is 5.74. The van der Waals surface area contributed by atoms with Crippen molar-refractivity contribution in [1.29, 1.82) is 0 Å². The summed E-state index contributed by atoms with van der Waals surface area (Å²) in [7, 11) is 0. The summed E-state index contributed by atoms with van der Waals surface area (Å²) in [4.78, 5) is 22.8. The number of aryl methyl sites for hydroxylation is 1. The summed E-state index contributed by atoms with van der Waals surface area (Å²) < 4.78 is 0. The molecule has 0 fully saturated rings. The van der Waals surface area contributed by atoms with Crippen LogP contribution in [0.25, 0.3) is 0 Å². The number of aromatic carboxylic acids is 1. The van der Waals surface area contributed by atoms with Gasteiger partial charge >= 0.3 is 5.97 Å². The highest BCUT2D eigenvalue weighted by Crippen LogP contribution is 2.11. The lowest BCUT2D eigenvalue weighted by molar-refractivity contribution is 0.0691. The minimum atomic E-state index is -1.01. The van der Waals surface area contributed by atoms with Gasteiger partial charge in [-0.15, -0.1) is 11.3 Å². The van der Waals surface area contributed by atoms with Crippen LogP contribution in [0.3, 0.4) is 0 Å². The van der Waals surface area contributed by atoms with Crippen molar-refractivity contribution in [3.05, 3.63) is 34.0 Å². The van der Waals surface area contributed by atoms with E-state index in [1.165, 1.54) is 16.7 Å². The number of anilines is 1. The number of nitrogens with one attached hydrogen (secondary N) is 1. The van der Waals surface area contributed by atoms with Gasteiger partial charge in [0.05, 0.1) is 6.54 Å². The second kappa shape index (κ2) is 4.88. The highest BCUT2D eigenvalue weighted by molar-refractivity contribution is 7.09. The van der Waals surface area contributed by atoms with Gasteiger partial charge in [-0.3, -0.25) is 0 Å². The van der Waals surface area contributed by atoms with E-state index in [-0.39, 0.29) is 5.69 Å². The Labute approximate surface area is 101 Å². The van der Waals surface area contributed by atoms with Gasteiger partial charge in [-0.2, -0.15) is 0 Å². The molecule has 7 heteroatoms. The second-order valence-corrected chi connectivity index (χ2v) is 4.25. The summed E-state index contributed by atoms with van der Waals surface area (Å²) in [6.07, 6.45) is 1.66. The third-order valence-corrected chi connectivity index (χ3v) is 2.81. The Balaban J connectivity index is 2.00. The molecule has 2 rings (SSSR count). The van der Waals surface area contributed by atoms with Crippen LogP contribution in [0.1, 0.15) is 21.2 Å². The standard InChI is InChI=1S/C10H10N4O2S/c1-6-2-3-11-10(13-6)12-4-8-14-7(5-17-8)9(15)16/h2-3,5H,4H2,1H3,(H,15,16)(H,11,12,13). The fourth-order valence-corrected chi connectivity index (χ4v) is 1.89. The van der Waals surface area contributed by atoms with E-state index in [4.69, 9.17) is 5.11 Å². The zero-order valence-corrected chi connectivity index (χ0v) is 9.86. The number of aromatic nitrogens is 3. The Bertz CT molecular complexity index is 541. The SMILES string of the molecule is Cc1ccnc(NCc2nc(C(=O)O)cs2)n1. The van der Waals surface area contributed by atoms with Gasteiger partial charge in [-0.25, -0.2) is 19.7 Å². The maximum Gasteiger partial charge on any atom is 0.355 e. The average molecular weight is 250 g/mol. The molecular weight excluding hydrogens is 240 g/mol. The first-order valence-electron chi connectivity index (χ1n) is 4.86. The maximum absolute atomic E-state index is 10.6.